The number of anilines is 1. The van der Waals surface area contributed by atoms with Crippen LogP contribution in [0.2, 0.25) is 0 Å². The quantitative estimate of drug-likeness (QED) is 0.162. The number of rotatable bonds is 11. The number of aryl methyl sites for hydroxylation is 1. The van der Waals surface area contributed by atoms with E-state index >= 15 is 0 Å². The number of carbonyl (C=O) groups is 1. The highest BCUT2D eigenvalue weighted by Gasteiger charge is 2.31. The molecule has 248 valence electrons. The molecule has 0 unspecified atom stereocenters. The van der Waals surface area contributed by atoms with Gasteiger partial charge in [-0.2, -0.15) is 4.99 Å². The van der Waals surface area contributed by atoms with Gasteiger partial charge in [-0.15, -0.1) is 18.3 Å². The van der Waals surface area contributed by atoms with E-state index in [1.807, 2.05) is 36.4 Å². The van der Waals surface area contributed by atoms with Crippen molar-refractivity contribution in [2.45, 2.75) is 51.8 Å². The lowest BCUT2D eigenvalue weighted by Gasteiger charge is -2.32. The van der Waals surface area contributed by atoms with Crippen molar-refractivity contribution in [1.82, 2.24) is 20.1 Å². The maximum Gasteiger partial charge on any atom is 0.573 e. The summed E-state index contributed by atoms with van der Waals surface area (Å²) in [4.78, 5) is 23.7. The highest BCUT2D eigenvalue weighted by Crippen LogP contribution is 2.34. The lowest BCUT2D eigenvalue weighted by Crippen LogP contribution is -2.36. The number of carbonyl (C=O) groups excluding carboxylic acids is 1. The topological polar surface area (TPSA) is 93.9 Å². The number of amidine groups is 1. The van der Waals surface area contributed by atoms with E-state index in [9.17, 15) is 18.0 Å². The number of aliphatic imine (C=N–C) groups is 1. The van der Waals surface area contributed by atoms with Gasteiger partial charge in [0.05, 0.1) is 12.8 Å². The van der Waals surface area contributed by atoms with Crippen molar-refractivity contribution in [3.05, 3.63) is 84.2 Å². The summed E-state index contributed by atoms with van der Waals surface area (Å²) < 4.78 is 48.1. The zero-order valence-electron chi connectivity index (χ0n) is 26.5. The number of ether oxygens (including phenoxy) is 2. The summed E-state index contributed by atoms with van der Waals surface area (Å²) in [6, 6.07) is 19.0. The summed E-state index contributed by atoms with van der Waals surface area (Å²) in [5.74, 6) is 2.22. The molecule has 0 radical (unpaired) electrons. The number of aromatic nitrogens is 3. The highest BCUT2D eigenvalue weighted by molar-refractivity contribution is 8.14. The molecule has 0 saturated carbocycles. The van der Waals surface area contributed by atoms with Gasteiger partial charge in [0.25, 0.3) is 0 Å². The monoisotopic (exact) mass is 666 g/mol. The first-order chi connectivity index (χ1) is 22.6. The Morgan fingerprint density at radius 2 is 1.79 bits per heavy atom. The van der Waals surface area contributed by atoms with Gasteiger partial charge in [-0.1, -0.05) is 49.9 Å². The van der Waals surface area contributed by atoms with Crippen LogP contribution in [0.1, 0.15) is 50.2 Å². The molecule has 3 aromatic carbocycles. The van der Waals surface area contributed by atoms with Crippen LogP contribution in [0.5, 0.6) is 11.5 Å². The number of amides is 2. The molecule has 0 aliphatic carbocycles. The lowest BCUT2D eigenvalue weighted by atomic mass is 10.00. The van der Waals surface area contributed by atoms with Gasteiger partial charge in [-0.25, -0.2) is 14.5 Å². The van der Waals surface area contributed by atoms with Gasteiger partial charge in [0.2, 0.25) is 0 Å². The van der Waals surface area contributed by atoms with Gasteiger partial charge < -0.3 is 19.7 Å². The summed E-state index contributed by atoms with van der Waals surface area (Å²) in [5.41, 5.74) is 4.74. The third-order valence-corrected chi connectivity index (χ3v) is 8.60. The first-order valence-electron chi connectivity index (χ1n) is 15.4. The van der Waals surface area contributed by atoms with Gasteiger partial charge in [0.1, 0.15) is 17.8 Å². The number of nitrogens with zero attached hydrogens (tertiary/aromatic N) is 5. The second-order valence-corrected chi connectivity index (χ2v) is 12.3. The molecule has 9 nitrogen and oxygen atoms in total. The number of hydrogen-bond donors (Lipinski definition) is 1. The summed E-state index contributed by atoms with van der Waals surface area (Å²) in [6.45, 7) is 5.63. The van der Waals surface area contributed by atoms with Crippen LogP contribution in [0.3, 0.4) is 0 Å². The number of methoxy groups -OCH3 is 1. The molecule has 2 heterocycles. The molecule has 4 aromatic rings. The molecule has 1 saturated heterocycles. The van der Waals surface area contributed by atoms with E-state index in [2.05, 4.69) is 49.9 Å². The Hall–Kier alpha value is -4.52. The van der Waals surface area contributed by atoms with Gasteiger partial charge in [-0.05, 0) is 85.2 Å². The van der Waals surface area contributed by atoms with Gasteiger partial charge in [-0.3, -0.25) is 0 Å². The van der Waals surface area contributed by atoms with E-state index in [1.54, 1.807) is 18.9 Å². The molecule has 0 atom stereocenters. The molecular formula is C34H37F3N6O3S. The molecule has 1 N–H and O–H groups in total. The smallest absolute Gasteiger partial charge is 0.497 e. The molecule has 13 heteroatoms. The second kappa shape index (κ2) is 15.4. The van der Waals surface area contributed by atoms with Crippen molar-refractivity contribution >= 4 is 28.6 Å². The van der Waals surface area contributed by atoms with E-state index in [0.717, 1.165) is 66.1 Å². The Balaban J connectivity index is 1.09. The largest absolute Gasteiger partial charge is 0.573 e. The Labute approximate surface area is 276 Å². The first-order valence-corrected chi connectivity index (χ1v) is 16.4. The first kappa shape index (κ1) is 33.8. The molecule has 2 amide bonds. The minimum atomic E-state index is -4.74. The van der Waals surface area contributed by atoms with E-state index in [1.165, 1.54) is 35.3 Å². The van der Waals surface area contributed by atoms with Crippen molar-refractivity contribution in [3.8, 4) is 28.6 Å². The Morgan fingerprint density at radius 1 is 1.04 bits per heavy atom. The minimum absolute atomic E-state index is 0.290. The van der Waals surface area contributed by atoms with Crippen LogP contribution in [-0.2, 0) is 6.42 Å². The van der Waals surface area contributed by atoms with E-state index in [-0.39, 0.29) is 17.7 Å². The van der Waals surface area contributed by atoms with Gasteiger partial charge in [0, 0.05) is 30.1 Å². The van der Waals surface area contributed by atoms with E-state index in [0.29, 0.717) is 23.2 Å². The van der Waals surface area contributed by atoms with Crippen LogP contribution in [0.25, 0.3) is 17.1 Å². The minimum Gasteiger partial charge on any atom is -0.497 e. The summed E-state index contributed by atoms with van der Waals surface area (Å²) in [7, 11) is 1.66. The molecule has 0 spiro atoms. The fraction of sp³-hybridized carbons (Fsp3) is 0.353. The molecular weight excluding hydrogens is 629 g/mol. The molecule has 1 aromatic heterocycles. The predicted molar refractivity (Wildman–Crippen MR) is 179 cm³/mol. The molecule has 1 aliphatic heterocycles. The summed E-state index contributed by atoms with van der Waals surface area (Å²) in [6.07, 6.45) is 0.322. The molecule has 1 aliphatic rings. The molecule has 5 rings (SSSR count). The standard InChI is InChI=1S/C34H37F3N6O3S/c1-23(2)29-21-28(45-3)16-17-30(29)42-19-6-20-47-33(42)40-32(44)38-18-5-4-7-24-8-10-25(11-9-24)31-39-22-43(41-31)26-12-14-27(15-13-26)46-34(35,36)37/h8-17,21-23H,4-7,18-20H2,1-3H3,(H,38,44). The number of benzene rings is 3. The number of halogens is 3. The van der Waals surface area contributed by atoms with Gasteiger partial charge in [0.15, 0.2) is 11.0 Å². The second-order valence-electron chi connectivity index (χ2n) is 11.3. The number of hydrogen-bond acceptors (Lipinski definition) is 6. The fourth-order valence-corrected chi connectivity index (χ4v) is 6.11. The molecule has 1 fully saturated rings. The van der Waals surface area contributed by atoms with Crippen LogP contribution >= 0.6 is 11.8 Å². The zero-order chi connectivity index (χ0) is 33.4. The van der Waals surface area contributed by atoms with Crippen molar-refractivity contribution < 1.29 is 27.4 Å². The average Bonchev–Trinajstić information content (AvgIpc) is 3.55. The summed E-state index contributed by atoms with van der Waals surface area (Å²) in [5, 5.41) is 8.11. The number of urea groups is 1. The third-order valence-electron chi connectivity index (χ3n) is 7.54. The van der Waals surface area contributed by atoms with E-state index < -0.39 is 6.36 Å². The number of thioether (sulfide) groups is 1. The van der Waals surface area contributed by atoms with Crippen molar-refractivity contribution in [2.24, 2.45) is 4.99 Å². The van der Waals surface area contributed by atoms with Crippen molar-refractivity contribution in [3.63, 3.8) is 0 Å². The normalized spacial score (nSPS) is 14.4. The SMILES string of the molecule is COc1ccc(N2CCCSC2=NC(=O)NCCCCc2ccc(-c3ncn(-c4ccc(OC(F)(F)F)cc4)n3)cc2)c(C(C)C)c1. The Morgan fingerprint density at radius 3 is 2.49 bits per heavy atom. The van der Waals surface area contributed by atoms with Crippen LogP contribution in [-0.4, -0.2) is 58.3 Å². The maximum atomic E-state index is 12.8. The van der Waals surface area contributed by atoms with Crippen molar-refractivity contribution in [1.29, 1.82) is 0 Å². The maximum absolute atomic E-state index is 12.8. The lowest BCUT2D eigenvalue weighted by molar-refractivity contribution is -0.274. The number of unbranched alkanes of at least 4 members (excludes halogenated alkanes) is 1. The average molecular weight is 667 g/mol. The summed E-state index contributed by atoms with van der Waals surface area (Å²) >= 11 is 1.60. The highest BCUT2D eigenvalue weighted by atomic mass is 32.2. The van der Waals surface area contributed by atoms with Crippen LogP contribution in [0.4, 0.5) is 23.7 Å². The zero-order valence-corrected chi connectivity index (χ0v) is 27.3. The third kappa shape index (κ3) is 9.28. The van der Waals surface area contributed by atoms with Gasteiger partial charge >= 0.3 is 12.4 Å². The Kier molecular flexibility index (Phi) is 11.1. The van der Waals surface area contributed by atoms with Crippen molar-refractivity contribution in [2.75, 3.05) is 30.9 Å². The van der Waals surface area contributed by atoms with Crippen LogP contribution in [0.15, 0.2) is 78.0 Å². The molecule has 47 heavy (non-hydrogen) atoms. The number of alkyl halides is 3. The number of nitrogens with one attached hydrogen (secondary N) is 1. The van der Waals surface area contributed by atoms with Crippen LogP contribution < -0.4 is 19.7 Å². The fourth-order valence-electron chi connectivity index (χ4n) is 5.16. The van der Waals surface area contributed by atoms with E-state index in [4.69, 9.17) is 4.74 Å². The predicted octanol–water partition coefficient (Wildman–Crippen LogP) is 8.00. The van der Waals surface area contributed by atoms with Crippen LogP contribution in [0, 0.1) is 0 Å². The Bertz CT molecular complexity index is 1670. The molecule has 0 bridgehead atoms.